The molecule has 1 rings (SSSR count). The van der Waals surface area contributed by atoms with Crippen molar-refractivity contribution >= 4 is 11.6 Å². The molecule has 1 aliphatic carbocycles. The van der Waals surface area contributed by atoms with Crippen LogP contribution in [0.3, 0.4) is 0 Å². The molecule has 53 valence electrons. The van der Waals surface area contributed by atoms with Crippen LogP contribution in [0.25, 0.3) is 0 Å². The van der Waals surface area contributed by atoms with Crippen LogP contribution in [0.4, 0.5) is 0 Å². The summed E-state index contributed by atoms with van der Waals surface area (Å²) in [5.41, 5.74) is 0. The second-order valence-corrected chi connectivity index (χ2v) is 3.57. The van der Waals surface area contributed by atoms with E-state index in [9.17, 15) is 0 Å². The van der Waals surface area contributed by atoms with Crippen molar-refractivity contribution < 1.29 is 0 Å². The van der Waals surface area contributed by atoms with E-state index in [-0.39, 0.29) is 0 Å². The third kappa shape index (κ3) is 2.17. The Balaban J connectivity index is 2.23. The largest absolute Gasteiger partial charge is 0.123 e. The first-order valence-electron chi connectivity index (χ1n) is 3.76. The standard InChI is InChI=1S/C8H14Cl/c1-7(9)8-5-3-2-4-6-8/h2,7-8H,3-6H2,1H3. The molecule has 1 saturated carbocycles. The first-order chi connectivity index (χ1) is 4.30. The highest BCUT2D eigenvalue weighted by atomic mass is 35.5. The van der Waals surface area contributed by atoms with Crippen LogP contribution in [0.5, 0.6) is 0 Å². The van der Waals surface area contributed by atoms with E-state index in [0.29, 0.717) is 5.38 Å². The predicted octanol–water partition coefficient (Wildman–Crippen LogP) is 3.01. The Morgan fingerprint density at radius 1 is 1.44 bits per heavy atom. The Hall–Kier alpha value is 0.290. The van der Waals surface area contributed by atoms with Gasteiger partial charge in [-0.25, -0.2) is 0 Å². The third-order valence-electron chi connectivity index (χ3n) is 2.13. The van der Waals surface area contributed by atoms with E-state index < -0.39 is 0 Å². The zero-order valence-corrected chi connectivity index (χ0v) is 6.69. The minimum atomic E-state index is 0.388. The van der Waals surface area contributed by atoms with Crippen molar-refractivity contribution in [3.8, 4) is 0 Å². The van der Waals surface area contributed by atoms with Crippen molar-refractivity contribution in [1.29, 1.82) is 0 Å². The van der Waals surface area contributed by atoms with Crippen LogP contribution >= 0.6 is 11.6 Å². The second kappa shape index (κ2) is 3.46. The lowest BCUT2D eigenvalue weighted by molar-refractivity contribution is 0.399. The quantitative estimate of drug-likeness (QED) is 0.498. The van der Waals surface area contributed by atoms with Gasteiger partial charge in [-0.15, -0.1) is 11.6 Å². The van der Waals surface area contributed by atoms with Crippen molar-refractivity contribution in [2.45, 2.75) is 38.0 Å². The van der Waals surface area contributed by atoms with Gasteiger partial charge in [-0.3, -0.25) is 0 Å². The van der Waals surface area contributed by atoms with E-state index in [0.717, 1.165) is 5.92 Å². The Morgan fingerprint density at radius 3 is 2.33 bits per heavy atom. The molecule has 1 heteroatoms. The lowest BCUT2D eigenvalue weighted by Crippen LogP contribution is -2.14. The summed E-state index contributed by atoms with van der Waals surface area (Å²) < 4.78 is 0. The Bertz CT molecular complexity index is 72.6. The van der Waals surface area contributed by atoms with Crippen LogP contribution in [-0.2, 0) is 0 Å². The average molecular weight is 146 g/mol. The van der Waals surface area contributed by atoms with Crippen molar-refractivity contribution in [3.05, 3.63) is 6.42 Å². The molecule has 1 atom stereocenters. The smallest absolute Gasteiger partial charge is 0.0336 e. The highest BCUT2D eigenvalue weighted by Crippen LogP contribution is 2.27. The number of halogens is 1. The maximum atomic E-state index is 5.94. The zero-order chi connectivity index (χ0) is 6.69. The highest BCUT2D eigenvalue weighted by molar-refractivity contribution is 6.20. The van der Waals surface area contributed by atoms with Crippen LogP contribution < -0.4 is 0 Å². The van der Waals surface area contributed by atoms with Gasteiger partial charge in [0.25, 0.3) is 0 Å². The molecule has 0 nitrogen and oxygen atoms in total. The summed E-state index contributed by atoms with van der Waals surface area (Å²) in [7, 11) is 0. The SMILES string of the molecule is CC(Cl)C1CC[CH]CC1. The molecule has 0 bridgehead atoms. The van der Waals surface area contributed by atoms with Crippen LogP contribution in [0.2, 0.25) is 0 Å². The average Bonchev–Trinajstić information content (AvgIpc) is 1.90. The van der Waals surface area contributed by atoms with Gasteiger partial charge in [0.05, 0.1) is 0 Å². The van der Waals surface area contributed by atoms with Crippen molar-refractivity contribution in [2.75, 3.05) is 0 Å². The van der Waals surface area contributed by atoms with Gasteiger partial charge in [-0.2, -0.15) is 0 Å². The summed E-state index contributed by atoms with van der Waals surface area (Å²) in [5.74, 6) is 0.789. The van der Waals surface area contributed by atoms with Crippen molar-refractivity contribution in [3.63, 3.8) is 0 Å². The summed E-state index contributed by atoms with van der Waals surface area (Å²) in [5, 5.41) is 0.388. The van der Waals surface area contributed by atoms with Crippen LogP contribution in [0.15, 0.2) is 0 Å². The fourth-order valence-corrected chi connectivity index (χ4v) is 1.66. The van der Waals surface area contributed by atoms with Gasteiger partial charge in [0.1, 0.15) is 0 Å². The van der Waals surface area contributed by atoms with Crippen LogP contribution in [0.1, 0.15) is 32.6 Å². The van der Waals surface area contributed by atoms with E-state index in [1.54, 1.807) is 0 Å². The predicted molar refractivity (Wildman–Crippen MR) is 41.6 cm³/mol. The van der Waals surface area contributed by atoms with Gasteiger partial charge >= 0.3 is 0 Å². The number of rotatable bonds is 1. The molecule has 9 heavy (non-hydrogen) atoms. The summed E-state index contributed by atoms with van der Waals surface area (Å²) in [6.07, 6.45) is 7.55. The maximum Gasteiger partial charge on any atom is 0.0336 e. The molecule has 0 aromatic heterocycles. The maximum absolute atomic E-state index is 5.94. The lowest BCUT2D eigenvalue weighted by atomic mass is 9.87. The minimum absolute atomic E-state index is 0.388. The molecule has 0 N–H and O–H groups in total. The third-order valence-corrected chi connectivity index (χ3v) is 2.49. The van der Waals surface area contributed by atoms with E-state index in [2.05, 4.69) is 13.3 Å². The summed E-state index contributed by atoms with van der Waals surface area (Å²) in [4.78, 5) is 0. The zero-order valence-electron chi connectivity index (χ0n) is 5.94. The number of hydrogen-bond acceptors (Lipinski definition) is 0. The second-order valence-electron chi connectivity index (χ2n) is 2.88. The van der Waals surface area contributed by atoms with E-state index in [1.165, 1.54) is 25.7 Å². The lowest BCUT2D eigenvalue weighted by Gasteiger charge is -2.22. The molecule has 1 unspecified atom stereocenters. The van der Waals surface area contributed by atoms with E-state index >= 15 is 0 Å². The number of alkyl halides is 1. The van der Waals surface area contributed by atoms with Gasteiger partial charge < -0.3 is 0 Å². The molecular weight excluding hydrogens is 132 g/mol. The molecular formula is C8H14Cl. The highest BCUT2D eigenvalue weighted by Gasteiger charge is 2.17. The van der Waals surface area contributed by atoms with Gasteiger partial charge in [0, 0.05) is 5.38 Å². The Labute approximate surface area is 62.6 Å². The summed E-state index contributed by atoms with van der Waals surface area (Å²) in [6, 6.07) is 0. The minimum Gasteiger partial charge on any atom is -0.123 e. The van der Waals surface area contributed by atoms with Gasteiger partial charge in [-0.1, -0.05) is 0 Å². The Kier molecular flexibility index (Phi) is 2.84. The van der Waals surface area contributed by atoms with E-state index in [4.69, 9.17) is 11.6 Å². The molecule has 1 radical (unpaired) electrons. The van der Waals surface area contributed by atoms with Crippen molar-refractivity contribution in [2.24, 2.45) is 5.92 Å². The van der Waals surface area contributed by atoms with Gasteiger partial charge in [0.2, 0.25) is 0 Å². The number of hydrogen-bond donors (Lipinski definition) is 0. The molecule has 0 heterocycles. The first kappa shape index (κ1) is 7.40. The summed E-state index contributed by atoms with van der Waals surface area (Å²) >= 11 is 5.94. The molecule has 0 aromatic rings. The molecule has 0 saturated heterocycles. The fourth-order valence-electron chi connectivity index (χ4n) is 1.41. The van der Waals surface area contributed by atoms with Gasteiger partial charge in [-0.05, 0) is 44.9 Å². The molecule has 0 amide bonds. The molecule has 1 aliphatic rings. The van der Waals surface area contributed by atoms with Crippen LogP contribution in [0, 0.1) is 12.3 Å². The normalized spacial score (nSPS) is 26.0. The van der Waals surface area contributed by atoms with Crippen LogP contribution in [-0.4, -0.2) is 5.38 Å². The van der Waals surface area contributed by atoms with E-state index in [1.807, 2.05) is 0 Å². The molecule has 0 aromatic carbocycles. The molecule has 0 spiro atoms. The topological polar surface area (TPSA) is 0 Å². The fraction of sp³-hybridized carbons (Fsp3) is 0.875. The monoisotopic (exact) mass is 145 g/mol. The van der Waals surface area contributed by atoms with Gasteiger partial charge in [0.15, 0.2) is 0 Å². The molecule has 1 fully saturated rings. The first-order valence-corrected chi connectivity index (χ1v) is 4.20. The Morgan fingerprint density at radius 2 is 2.00 bits per heavy atom. The molecule has 0 aliphatic heterocycles. The van der Waals surface area contributed by atoms with Crippen molar-refractivity contribution in [1.82, 2.24) is 0 Å². The summed E-state index contributed by atoms with van der Waals surface area (Å²) in [6.45, 7) is 2.11.